The monoisotopic (exact) mass is 182 g/mol. The SMILES string of the molecule is COc1cc2c(=O)[nH][nH]c2cc1F. The normalized spacial score (nSPS) is 10.6. The summed E-state index contributed by atoms with van der Waals surface area (Å²) in [6, 6.07) is 2.58. The van der Waals surface area contributed by atoms with Crippen LogP contribution >= 0.6 is 0 Å². The third-order valence-corrected chi connectivity index (χ3v) is 1.85. The zero-order chi connectivity index (χ0) is 9.42. The minimum Gasteiger partial charge on any atom is -0.494 e. The van der Waals surface area contributed by atoms with Crippen LogP contribution in [0.4, 0.5) is 4.39 Å². The van der Waals surface area contributed by atoms with Gasteiger partial charge in [-0.1, -0.05) is 0 Å². The lowest BCUT2D eigenvalue weighted by Gasteiger charge is -1.99. The Hall–Kier alpha value is -1.78. The number of hydrogen-bond donors (Lipinski definition) is 2. The Kier molecular flexibility index (Phi) is 1.58. The number of fused-ring (bicyclic) bond motifs is 1. The zero-order valence-electron chi connectivity index (χ0n) is 6.85. The van der Waals surface area contributed by atoms with Crippen molar-refractivity contribution in [3.63, 3.8) is 0 Å². The number of rotatable bonds is 1. The van der Waals surface area contributed by atoms with Crippen LogP contribution in [0.15, 0.2) is 16.9 Å². The van der Waals surface area contributed by atoms with Crippen LogP contribution in [-0.4, -0.2) is 17.3 Å². The van der Waals surface area contributed by atoms with Gasteiger partial charge in [-0.05, 0) is 6.07 Å². The summed E-state index contributed by atoms with van der Waals surface area (Å²) in [7, 11) is 1.35. The molecule has 0 aliphatic heterocycles. The van der Waals surface area contributed by atoms with Crippen molar-refractivity contribution in [2.24, 2.45) is 0 Å². The van der Waals surface area contributed by atoms with E-state index in [2.05, 4.69) is 10.2 Å². The smallest absolute Gasteiger partial charge is 0.271 e. The number of benzene rings is 1. The molecule has 0 aliphatic rings. The van der Waals surface area contributed by atoms with Crippen LogP contribution in [0.3, 0.4) is 0 Å². The predicted octanol–water partition coefficient (Wildman–Crippen LogP) is 1.00. The highest BCUT2D eigenvalue weighted by molar-refractivity contribution is 5.79. The van der Waals surface area contributed by atoms with Crippen molar-refractivity contribution in [2.45, 2.75) is 0 Å². The van der Waals surface area contributed by atoms with Crippen molar-refractivity contribution in [3.05, 3.63) is 28.3 Å². The molecule has 1 aromatic heterocycles. The lowest BCUT2D eigenvalue weighted by molar-refractivity contribution is 0.387. The first-order valence-electron chi connectivity index (χ1n) is 3.66. The van der Waals surface area contributed by atoms with Crippen LogP contribution in [0.2, 0.25) is 0 Å². The fourth-order valence-electron chi connectivity index (χ4n) is 1.19. The van der Waals surface area contributed by atoms with Crippen LogP contribution in [0.25, 0.3) is 10.9 Å². The minimum atomic E-state index is -0.495. The maximum absolute atomic E-state index is 13.1. The van der Waals surface area contributed by atoms with E-state index in [0.717, 1.165) is 0 Å². The van der Waals surface area contributed by atoms with E-state index in [1.165, 1.54) is 19.2 Å². The molecule has 2 N–H and O–H groups in total. The molecule has 0 unspecified atom stereocenters. The van der Waals surface area contributed by atoms with Gasteiger partial charge in [-0.2, -0.15) is 0 Å². The summed E-state index contributed by atoms with van der Waals surface area (Å²) in [5.41, 5.74) is 0.150. The number of halogens is 1. The maximum atomic E-state index is 13.1. The van der Waals surface area contributed by atoms with Gasteiger partial charge in [-0.25, -0.2) is 4.39 Å². The van der Waals surface area contributed by atoms with E-state index in [0.29, 0.717) is 10.9 Å². The third kappa shape index (κ3) is 1.09. The number of aromatic amines is 2. The van der Waals surface area contributed by atoms with Gasteiger partial charge in [0.2, 0.25) is 0 Å². The summed E-state index contributed by atoms with van der Waals surface area (Å²) < 4.78 is 17.8. The fraction of sp³-hybridized carbons (Fsp3) is 0.125. The molecule has 68 valence electrons. The number of hydrogen-bond acceptors (Lipinski definition) is 2. The van der Waals surface area contributed by atoms with Gasteiger partial charge in [0.1, 0.15) is 0 Å². The molecule has 0 bridgehead atoms. The highest BCUT2D eigenvalue weighted by Gasteiger charge is 2.07. The van der Waals surface area contributed by atoms with E-state index in [4.69, 9.17) is 4.74 Å². The summed E-state index contributed by atoms with van der Waals surface area (Å²) in [5, 5.41) is 5.29. The summed E-state index contributed by atoms with van der Waals surface area (Å²) in [4.78, 5) is 11.1. The topological polar surface area (TPSA) is 57.9 Å². The quantitative estimate of drug-likeness (QED) is 0.691. The second kappa shape index (κ2) is 2.62. The van der Waals surface area contributed by atoms with Gasteiger partial charge in [0.25, 0.3) is 5.56 Å². The molecule has 0 fully saturated rings. The first kappa shape index (κ1) is 7.85. The van der Waals surface area contributed by atoms with Crippen molar-refractivity contribution in [1.82, 2.24) is 10.2 Å². The number of aromatic nitrogens is 2. The number of H-pyrrole nitrogens is 2. The minimum absolute atomic E-state index is 0.0672. The molecule has 4 nitrogen and oxygen atoms in total. The maximum Gasteiger partial charge on any atom is 0.271 e. The molecular weight excluding hydrogens is 175 g/mol. The Bertz CT molecular complexity index is 500. The van der Waals surface area contributed by atoms with Crippen LogP contribution in [0.5, 0.6) is 5.75 Å². The average molecular weight is 182 g/mol. The van der Waals surface area contributed by atoms with E-state index < -0.39 is 5.82 Å². The first-order valence-corrected chi connectivity index (χ1v) is 3.66. The van der Waals surface area contributed by atoms with Crippen LogP contribution in [0.1, 0.15) is 0 Å². The van der Waals surface area contributed by atoms with E-state index in [1.54, 1.807) is 0 Å². The van der Waals surface area contributed by atoms with Crippen LogP contribution in [0, 0.1) is 5.82 Å². The Labute approximate surface area is 72.3 Å². The van der Waals surface area contributed by atoms with Gasteiger partial charge in [-0.15, -0.1) is 0 Å². The van der Waals surface area contributed by atoms with E-state index in [1.807, 2.05) is 0 Å². The third-order valence-electron chi connectivity index (χ3n) is 1.85. The second-order valence-corrected chi connectivity index (χ2v) is 2.61. The summed E-state index contributed by atoms with van der Waals surface area (Å²) >= 11 is 0. The Morgan fingerprint density at radius 2 is 2.15 bits per heavy atom. The molecular formula is C8H7FN2O2. The van der Waals surface area contributed by atoms with Crippen molar-refractivity contribution < 1.29 is 9.13 Å². The van der Waals surface area contributed by atoms with Gasteiger partial charge in [0, 0.05) is 6.07 Å². The Balaban J connectivity index is 2.84. The molecule has 0 atom stereocenters. The van der Waals surface area contributed by atoms with Crippen LogP contribution in [-0.2, 0) is 0 Å². The standard InChI is InChI=1S/C8H7FN2O2/c1-13-7-2-4-6(3-5(7)9)10-11-8(4)12/h2-3H,1H3,(H2,10,11,12). The highest BCUT2D eigenvalue weighted by Crippen LogP contribution is 2.20. The highest BCUT2D eigenvalue weighted by atomic mass is 19.1. The average Bonchev–Trinajstić information content (AvgIpc) is 2.46. The van der Waals surface area contributed by atoms with E-state index in [9.17, 15) is 9.18 Å². The Morgan fingerprint density at radius 1 is 1.38 bits per heavy atom. The second-order valence-electron chi connectivity index (χ2n) is 2.61. The molecule has 13 heavy (non-hydrogen) atoms. The molecule has 0 saturated heterocycles. The van der Waals surface area contributed by atoms with Gasteiger partial charge in [0.05, 0.1) is 18.0 Å². The van der Waals surface area contributed by atoms with E-state index in [-0.39, 0.29) is 11.3 Å². The lowest BCUT2D eigenvalue weighted by Crippen LogP contribution is -1.98. The summed E-state index contributed by atoms with van der Waals surface area (Å²) in [5.74, 6) is -0.428. The Morgan fingerprint density at radius 3 is 2.85 bits per heavy atom. The molecule has 0 radical (unpaired) electrons. The summed E-state index contributed by atoms with van der Waals surface area (Å²) in [6.45, 7) is 0. The molecule has 0 spiro atoms. The molecule has 2 aromatic rings. The molecule has 2 rings (SSSR count). The van der Waals surface area contributed by atoms with Crippen molar-refractivity contribution in [1.29, 1.82) is 0 Å². The van der Waals surface area contributed by atoms with Crippen molar-refractivity contribution in [3.8, 4) is 5.75 Å². The van der Waals surface area contributed by atoms with Gasteiger partial charge >= 0.3 is 0 Å². The molecule has 0 amide bonds. The van der Waals surface area contributed by atoms with Gasteiger partial charge < -0.3 is 4.74 Å². The van der Waals surface area contributed by atoms with Gasteiger partial charge in [0.15, 0.2) is 11.6 Å². The van der Waals surface area contributed by atoms with E-state index >= 15 is 0 Å². The fourth-order valence-corrected chi connectivity index (χ4v) is 1.19. The molecule has 1 heterocycles. The molecule has 0 aliphatic carbocycles. The van der Waals surface area contributed by atoms with Gasteiger partial charge in [-0.3, -0.25) is 15.0 Å². The van der Waals surface area contributed by atoms with Crippen molar-refractivity contribution >= 4 is 10.9 Å². The van der Waals surface area contributed by atoms with Crippen LogP contribution < -0.4 is 10.3 Å². The number of nitrogens with one attached hydrogen (secondary N) is 2. The molecule has 5 heteroatoms. The zero-order valence-corrected chi connectivity index (χ0v) is 6.85. The molecule has 0 saturated carbocycles. The number of methoxy groups -OCH3 is 1. The largest absolute Gasteiger partial charge is 0.494 e. The first-order chi connectivity index (χ1) is 6.22. The lowest BCUT2D eigenvalue weighted by atomic mass is 10.2. The number of ether oxygens (including phenoxy) is 1. The molecule has 1 aromatic carbocycles. The summed E-state index contributed by atoms with van der Waals surface area (Å²) in [6.07, 6.45) is 0. The predicted molar refractivity (Wildman–Crippen MR) is 45.4 cm³/mol. The van der Waals surface area contributed by atoms with Crippen molar-refractivity contribution in [2.75, 3.05) is 7.11 Å².